The zero-order chi connectivity index (χ0) is 12.6. The fraction of sp³-hybridized carbons (Fsp3) is 0.600. The first-order valence-electron chi connectivity index (χ1n) is 7.02. The Morgan fingerprint density at radius 2 is 1.94 bits per heavy atom. The van der Waals surface area contributed by atoms with E-state index in [1.54, 1.807) is 0 Å². The molecular weight excluding hydrogens is 244 g/mol. The lowest BCUT2D eigenvalue weighted by molar-refractivity contribution is 0.236. The van der Waals surface area contributed by atoms with E-state index >= 15 is 0 Å². The van der Waals surface area contributed by atoms with E-state index in [9.17, 15) is 0 Å². The summed E-state index contributed by atoms with van der Waals surface area (Å²) in [7, 11) is 0. The van der Waals surface area contributed by atoms with Crippen LogP contribution in [-0.4, -0.2) is 37.6 Å². The normalized spacial score (nSPS) is 16.9. The SMILES string of the molecule is Clc1cccc(CCCCCN2CCNCC2)c1. The Labute approximate surface area is 115 Å². The third-order valence-corrected chi connectivity index (χ3v) is 3.77. The van der Waals surface area contributed by atoms with Crippen molar-refractivity contribution in [1.82, 2.24) is 10.2 Å². The van der Waals surface area contributed by atoms with Gasteiger partial charge >= 0.3 is 0 Å². The molecule has 0 atom stereocenters. The molecule has 0 radical (unpaired) electrons. The molecule has 0 amide bonds. The molecule has 2 rings (SSSR count). The number of benzene rings is 1. The second-order valence-electron chi connectivity index (χ2n) is 5.03. The number of halogens is 1. The quantitative estimate of drug-likeness (QED) is 0.797. The lowest BCUT2D eigenvalue weighted by Gasteiger charge is -2.27. The zero-order valence-corrected chi connectivity index (χ0v) is 11.8. The smallest absolute Gasteiger partial charge is 0.0408 e. The van der Waals surface area contributed by atoms with Crippen molar-refractivity contribution in [2.45, 2.75) is 25.7 Å². The van der Waals surface area contributed by atoms with Gasteiger partial charge in [-0.25, -0.2) is 0 Å². The number of hydrogen-bond donors (Lipinski definition) is 1. The lowest BCUT2D eigenvalue weighted by Crippen LogP contribution is -2.43. The Kier molecular flexibility index (Phi) is 5.98. The van der Waals surface area contributed by atoms with Gasteiger partial charge in [-0.05, 0) is 43.5 Å². The van der Waals surface area contributed by atoms with Gasteiger partial charge in [-0.3, -0.25) is 0 Å². The third kappa shape index (κ3) is 4.97. The van der Waals surface area contributed by atoms with Gasteiger partial charge < -0.3 is 10.2 Å². The zero-order valence-electron chi connectivity index (χ0n) is 11.0. The molecule has 0 bridgehead atoms. The second kappa shape index (κ2) is 7.78. The van der Waals surface area contributed by atoms with E-state index in [1.807, 2.05) is 12.1 Å². The Morgan fingerprint density at radius 1 is 1.11 bits per heavy atom. The van der Waals surface area contributed by atoms with Gasteiger partial charge in [-0.15, -0.1) is 0 Å². The van der Waals surface area contributed by atoms with E-state index in [4.69, 9.17) is 11.6 Å². The van der Waals surface area contributed by atoms with E-state index in [0.29, 0.717) is 0 Å². The van der Waals surface area contributed by atoms with Gasteiger partial charge in [-0.2, -0.15) is 0 Å². The van der Waals surface area contributed by atoms with Crippen molar-refractivity contribution in [2.24, 2.45) is 0 Å². The number of rotatable bonds is 6. The first kappa shape index (κ1) is 13.9. The van der Waals surface area contributed by atoms with Gasteiger partial charge in [-0.1, -0.05) is 30.2 Å². The highest BCUT2D eigenvalue weighted by molar-refractivity contribution is 6.30. The standard InChI is InChI=1S/C15H23ClN2/c16-15-7-4-6-14(13-15)5-2-1-3-10-18-11-8-17-9-12-18/h4,6-7,13,17H,1-3,5,8-12H2. The second-order valence-corrected chi connectivity index (χ2v) is 5.47. The van der Waals surface area contributed by atoms with Crippen molar-refractivity contribution in [3.8, 4) is 0 Å². The predicted octanol–water partition coefficient (Wildman–Crippen LogP) is 2.96. The van der Waals surface area contributed by atoms with E-state index in [-0.39, 0.29) is 0 Å². The molecule has 0 unspecified atom stereocenters. The molecule has 3 heteroatoms. The van der Waals surface area contributed by atoms with Gasteiger partial charge in [0, 0.05) is 31.2 Å². The topological polar surface area (TPSA) is 15.3 Å². The molecule has 1 saturated heterocycles. The minimum atomic E-state index is 0.855. The molecular formula is C15H23ClN2. The number of unbranched alkanes of at least 4 members (excludes halogenated alkanes) is 2. The molecule has 100 valence electrons. The number of nitrogens with one attached hydrogen (secondary N) is 1. The molecule has 0 aliphatic carbocycles. The fourth-order valence-electron chi connectivity index (χ4n) is 2.47. The van der Waals surface area contributed by atoms with E-state index in [1.165, 1.54) is 44.5 Å². The number of nitrogens with zero attached hydrogens (tertiary/aromatic N) is 1. The molecule has 0 aromatic heterocycles. The summed E-state index contributed by atoms with van der Waals surface area (Å²) in [6.45, 7) is 6.00. The number of hydrogen-bond acceptors (Lipinski definition) is 2. The van der Waals surface area contributed by atoms with Crippen LogP contribution in [0.3, 0.4) is 0 Å². The highest BCUT2D eigenvalue weighted by Crippen LogP contribution is 2.13. The van der Waals surface area contributed by atoms with Crippen molar-refractivity contribution in [1.29, 1.82) is 0 Å². The Hall–Kier alpha value is -0.570. The monoisotopic (exact) mass is 266 g/mol. The van der Waals surface area contributed by atoms with Crippen LogP contribution >= 0.6 is 11.6 Å². The maximum Gasteiger partial charge on any atom is 0.0408 e. The van der Waals surface area contributed by atoms with Gasteiger partial charge in [0.1, 0.15) is 0 Å². The van der Waals surface area contributed by atoms with E-state index < -0.39 is 0 Å². The Balaban J connectivity index is 1.55. The van der Waals surface area contributed by atoms with E-state index in [2.05, 4.69) is 22.3 Å². The van der Waals surface area contributed by atoms with Crippen molar-refractivity contribution in [3.05, 3.63) is 34.9 Å². The lowest BCUT2D eigenvalue weighted by atomic mass is 10.1. The Bertz CT molecular complexity index is 348. The van der Waals surface area contributed by atoms with Crippen LogP contribution < -0.4 is 5.32 Å². The highest BCUT2D eigenvalue weighted by Gasteiger charge is 2.07. The predicted molar refractivity (Wildman–Crippen MR) is 78.3 cm³/mol. The summed E-state index contributed by atoms with van der Waals surface area (Å²) in [6.07, 6.45) is 5.06. The summed E-state index contributed by atoms with van der Waals surface area (Å²) in [4.78, 5) is 2.57. The number of piperazine rings is 1. The van der Waals surface area contributed by atoms with Crippen LogP contribution in [0.1, 0.15) is 24.8 Å². The molecule has 0 saturated carbocycles. The summed E-state index contributed by atoms with van der Waals surface area (Å²) in [5.41, 5.74) is 1.37. The molecule has 1 aromatic carbocycles. The number of aryl methyl sites for hydroxylation is 1. The average Bonchev–Trinajstić information content (AvgIpc) is 2.40. The van der Waals surface area contributed by atoms with Gasteiger partial charge in [0.25, 0.3) is 0 Å². The molecule has 1 aromatic rings. The molecule has 1 fully saturated rings. The van der Waals surface area contributed by atoms with Crippen molar-refractivity contribution in [3.63, 3.8) is 0 Å². The molecule has 2 nitrogen and oxygen atoms in total. The maximum absolute atomic E-state index is 5.97. The van der Waals surface area contributed by atoms with Crippen molar-refractivity contribution < 1.29 is 0 Å². The van der Waals surface area contributed by atoms with E-state index in [0.717, 1.165) is 24.5 Å². The summed E-state index contributed by atoms with van der Waals surface area (Å²) >= 11 is 5.97. The fourth-order valence-corrected chi connectivity index (χ4v) is 2.68. The van der Waals surface area contributed by atoms with Crippen LogP contribution in [0.2, 0.25) is 5.02 Å². The average molecular weight is 267 g/mol. The minimum Gasteiger partial charge on any atom is -0.314 e. The van der Waals surface area contributed by atoms with Crippen molar-refractivity contribution in [2.75, 3.05) is 32.7 Å². The summed E-state index contributed by atoms with van der Waals surface area (Å²) < 4.78 is 0. The summed E-state index contributed by atoms with van der Waals surface area (Å²) in [5.74, 6) is 0. The summed E-state index contributed by atoms with van der Waals surface area (Å²) in [5, 5.41) is 4.24. The van der Waals surface area contributed by atoms with Crippen LogP contribution in [0, 0.1) is 0 Å². The molecule has 18 heavy (non-hydrogen) atoms. The maximum atomic E-state index is 5.97. The highest BCUT2D eigenvalue weighted by atomic mass is 35.5. The minimum absolute atomic E-state index is 0.855. The molecule has 1 aliphatic heterocycles. The van der Waals surface area contributed by atoms with Gasteiger partial charge in [0.15, 0.2) is 0 Å². The van der Waals surface area contributed by atoms with Crippen molar-refractivity contribution >= 4 is 11.6 Å². The molecule has 0 spiro atoms. The third-order valence-electron chi connectivity index (χ3n) is 3.54. The van der Waals surface area contributed by atoms with Gasteiger partial charge in [0.2, 0.25) is 0 Å². The first-order valence-corrected chi connectivity index (χ1v) is 7.40. The molecule has 1 heterocycles. The molecule has 1 aliphatic rings. The van der Waals surface area contributed by atoms with Crippen LogP contribution in [0.4, 0.5) is 0 Å². The van der Waals surface area contributed by atoms with Gasteiger partial charge in [0.05, 0.1) is 0 Å². The Morgan fingerprint density at radius 3 is 2.72 bits per heavy atom. The van der Waals surface area contributed by atoms with Crippen LogP contribution in [-0.2, 0) is 6.42 Å². The molecule has 1 N–H and O–H groups in total. The largest absolute Gasteiger partial charge is 0.314 e. The summed E-state index contributed by atoms with van der Waals surface area (Å²) in [6, 6.07) is 8.23. The van der Waals surface area contributed by atoms with Crippen LogP contribution in [0.25, 0.3) is 0 Å². The first-order chi connectivity index (χ1) is 8.84. The van der Waals surface area contributed by atoms with Crippen LogP contribution in [0.15, 0.2) is 24.3 Å². The van der Waals surface area contributed by atoms with Crippen LogP contribution in [0.5, 0.6) is 0 Å².